The molecular weight excluding hydrogens is 212 g/mol. The van der Waals surface area contributed by atoms with Crippen LogP contribution in [0.2, 0.25) is 0 Å². The fraction of sp³-hybridized carbons (Fsp3) is 0.500. The van der Waals surface area contributed by atoms with Crippen LogP contribution in [-0.2, 0) is 16.8 Å². The van der Waals surface area contributed by atoms with Crippen LogP contribution >= 0.6 is 0 Å². The number of hydrogen-bond acceptors (Lipinski definition) is 2. The number of carbonyl (C=O) groups excluding carboxylic acids is 1. The van der Waals surface area contributed by atoms with Crippen molar-refractivity contribution in [2.75, 3.05) is 7.05 Å². The fourth-order valence-electron chi connectivity index (χ4n) is 2.01. The lowest BCUT2D eigenvalue weighted by atomic mass is 9.87. The maximum atomic E-state index is 11.1. The lowest BCUT2D eigenvalue weighted by Gasteiger charge is -2.28. The van der Waals surface area contributed by atoms with Gasteiger partial charge in [0.1, 0.15) is 0 Å². The first-order valence-corrected chi connectivity index (χ1v) is 6.08. The van der Waals surface area contributed by atoms with Crippen molar-refractivity contribution in [2.45, 2.75) is 38.6 Å². The molecule has 3 nitrogen and oxygen atoms in total. The van der Waals surface area contributed by atoms with E-state index in [0.29, 0.717) is 6.42 Å². The molecule has 1 rings (SSSR count). The molecule has 0 aromatic heterocycles. The third kappa shape index (κ3) is 3.56. The molecule has 0 saturated heterocycles. The summed E-state index contributed by atoms with van der Waals surface area (Å²) in [6.45, 7) is 4.16. The topological polar surface area (TPSA) is 55.1 Å². The van der Waals surface area contributed by atoms with E-state index >= 15 is 0 Å². The molecule has 1 unspecified atom stereocenters. The molecule has 0 bridgehead atoms. The molecule has 1 atom stereocenters. The molecular formula is C14H22N2O. The van der Waals surface area contributed by atoms with Crippen LogP contribution in [0.5, 0.6) is 0 Å². The Balaban J connectivity index is 2.92. The van der Waals surface area contributed by atoms with E-state index in [1.54, 1.807) is 0 Å². The average Bonchev–Trinajstić information content (AvgIpc) is 2.29. The second-order valence-corrected chi connectivity index (χ2v) is 4.67. The smallest absolute Gasteiger partial charge is 0.219 e. The summed E-state index contributed by atoms with van der Waals surface area (Å²) in [5.74, 6) is -0.292. The highest BCUT2D eigenvalue weighted by Gasteiger charge is 2.26. The molecule has 0 spiro atoms. The summed E-state index contributed by atoms with van der Waals surface area (Å²) >= 11 is 0. The van der Waals surface area contributed by atoms with E-state index in [1.807, 2.05) is 14.0 Å². The van der Waals surface area contributed by atoms with Crippen LogP contribution in [-0.4, -0.2) is 13.0 Å². The monoisotopic (exact) mass is 234 g/mol. The maximum Gasteiger partial charge on any atom is 0.219 e. The quantitative estimate of drug-likeness (QED) is 0.790. The molecule has 1 aromatic rings. The van der Waals surface area contributed by atoms with Crippen LogP contribution in [0.15, 0.2) is 24.3 Å². The Labute approximate surface area is 103 Å². The number of nitrogens with one attached hydrogen (secondary N) is 1. The first-order valence-electron chi connectivity index (χ1n) is 6.08. The van der Waals surface area contributed by atoms with Crippen molar-refractivity contribution < 1.29 is 4.79 Å². The van der Waals surface area contributed by atoms with Crippen LogP contribution in [0.3, 0.4) is 0 Å². The zero-order valence-corrected chi connectivity index (χ0v) is 10.9. The van der Waals surface area contributed by atoms with Crippen LogP contribution in [0.1, 0.15) is 37.8 Å². The third-order valence-corrected chi connectivity index (χ3v) is 3.21. The minimum atomic E-state index is -0.378. The van der Waals surface area contributed by atoms with Crippen molar-refractivity contribution in [3.05, 3.63) is 35.4 Å². The van der Waals surface area contributed by atoms with Gasteiger partial charge < -0.3 is 11.1 Å². The predicted molar refractivity (Wildman–Crippen MR) is 70.7 cm³/mol. The SMILES string of the molecule is CCCc1ccc(C(C)(CC(N)=O)NC)cc1. The second kappa shape index (κ2) is 5.82. The first kappa shape index (κ1) is 13.7. The molecule has 3 heteroatoms. The average molecular weight is 234 g/mol. The highest BCUT2D eigenvalue weighted by Crippen LogP contribution is 2.24. The molecule has 0 saturated carbocycles. The standard InChI is InChI=1S/C14H22N2O/c1-4-5-11-6-8-12(9-7-11)14(2,16-3)10-13(15)17/h6-9,16H,4-5,10H2,1-3H3,(H2,15,17). The highest BCUT2D eigenvalue weighted by molar-refractivity contribution is 5.75. The second-order valence-electron chi connectivity index (χ2n) is 4.67. The van der Waals surface area contributed by atoms with Crippen LogP contribution < -0.4 is 11.1 Å². The van der Waals surface area contributed by atoms with Crippen molar-refractivity contribution in [1.82, 2.24) is 5.32 Å². The minimum Gasteiger partial charge on any atom is -0.370 e. The molecule has 0 aliphatic heterocycles. The van der Waals surface area contributed by atoms with Gasteiger partial charge in [-0.2, -0.15) is 0 Å². The lowest BCUT2D eigenvalue weighted by molar-refractivity contribution is -0.119. The normalized spacial score (nSPS) is 14.3. The molecule has 17 heavy (non-hydrogen) atoms. The summed E-state index contributed by atoms with van der Waals surface area (Å²) in [5.41, 5.74) is 7.34. The molecule has 0 radical (unpaired) electrons. The summed E-state index contributed by atoms with van der Waals surface area (Å²) in [6, 6.07) is 8.39. The van der Waals surface area contributed by atoms with Gasteiger partial charge in [0.2, 0.25) is 5.91 Å². The number of primary amides is 1. The van der Waals surface area contributed by atoms with Crippen molar-refractivity contribution in [2.24, 2.45) is 5.73 Å². The number of benzene rings is 1. The van der Waals surface area contributed by atoms with E-state index in [0.717, 1.165) is 18.4 Å². The van der Waals surface area contributed by atoms with Gasteiger partial charge in [0.15, 0.2) is 0 Å². The molecule has 0 heterocycles. The van der Waals surface area contributed by atoms with E-state index in [-0.39, 0.29) is 11.4 Å². The first-order chi connectivity index (χ1) is 8.01. The Morgan fingerprint density at radius 3 is 2.35 bits per heavy atom. The summed E-state index contributed by atoms with van der Waals surface area (Å²) < 4.78 is 0. The zero-order valence-electron chi connectivity index (χ0n) is 10.9. The Morgan fingerprint density at radius 2 is 1.94 bits per heavy atom. The van der Waals surface area contributed by atoms with Gasteiger partial charge in [-0.15, -0.1) is 0 Å². The summed E-state index contributed by atoms with van der Waals surface area (Å²) in [6.07, 6.45) is 2.53. The zero-order chi connectivity index (χ0) is 12.9. The van der Waals surface area contributed by atoms with Crippen LogP contribution in [0.4, 0.5) is 0 Å². The fourth-order valence-corrected chi connectivity index (χ4v) is 2.01. The van der Waals surface area contributed by atoms with Gasteiger partial charge >= 0.3 is 0 Å². The molecule has 3 N–H and O–H groups in total. The molecule has 94 valence electrons. The van der Waals surface area contributed by atoms with E-state index in [9.17, 15) is 4.79 Å². The van der Waals surface area contributed by atoms with Crippen molar-refractivity contribution in [3.63, 3.8) is 0 Å². The van der Waals surface area contributed by atoms with Crippen LogP contribution in [0, 0.1) is 0 Å². The number of carbonyl (C=O) groups is 1. The molecule has 0 aliphatic rings. The van der Waals surface area contributed by atoms with Gasteiger partial charge in [0.25, 0.3) is 0 Å². The van der Waals surface area contributed by atoms with E-state index in [2.05, 4.69) is 36.5 Å². The molecule has 0 aliphatic carbocycles. The largest absolute Gasteiger partial charge is 0.370 e. The summed E-state index contributed by atoms with van der Waals surface area (Å²) in [7, 11) is 1.85. The van der Waals surface area contributed by atoms with Gasteiger partial charge in [-0.05, 0) is 31.5 Å². The Bertz CT molecular complexity index is 372. The lowest BCUT2D eigenvalue weighted by Crippen LogP contribution is -2.40. The van der Waals surface area contributed by atoms with Gasteiger partial charge in [0.05, 0.1) is 0 Å². The number of rotatable bonds is 6. The third-order valence-electron chi connectivity index (χ3n) is 3.21. The Kier molecular flexibility index (Phi) is 4.70. The number of hydrogen-bond donors (Lipinski definition) is 2. The van der Waals surface area contributed by atoms with Crippen molar-refractivity contribution in [3.8, 4) is 0 Å². The van der Waals surface area contributed by atoms with Gasteiger partial charge in [-0.25, -0.2) is 0 Å². The van der Waals surface area contributed by atoms with Gasteiger partial charge in [-0.1, -0.05) is 37.6 Å². The van der Waals surface area contributed by atoms with Gasteiger partial charge in [0, 0.05) is 12.0 Å². The molecule has 0 fully saturated rings. The van der Waals surface area contributed by atoms with Gasteiger partial charge in [-0.3, -0.25) is 4.79 Å². The maximum absolute atomic E-state index is 11.1. The van der Waals surface area contributed by atoms with E-state index in [1.165, 1.54) is 5.56 Å². The number of amides is 1. The number of nitrogens with two attached hydrogens (primary N) is 1. The van der Waals surface area contributed by atoms with Crippen molar-refractivity contribution in [1.29, 1.82) is 0 Å². The predicted octanol–water partition coefficient (Wildman–Crippen LogP) is 1.95. The summed E-state index contributed by atoms with van der Waals surface area (Å²) in [5, 5.41) is 3.18. The Morgan fingerprint density at radius 1 is 1.35 bits per heavy atom. The Hall–Kier alpha value is -1.35. The van der Waals surface area contributed by atoms with Crippen LogP contribution in [0.25, 0.3) is 0 Å². The highest BCUT2D eigenvalue weighted by atomic mass is 16.1. The van der Waals surface area contributed by atoms with E-state index in [4.69, 9.17) is 5.73 Å². The minimum absolute atomic E-state index is 0.292. The van der Waals surface area contributed by atoms with Crippen molar-refractivity contribution >= 4 is 5.91 Å². The van der Waals surface area contributed by atoms with E-state index < -0.39 is 0 Å². The molecule has 1 aromatic carbocycles. The summed E-state index contributed by atoms with van der Waals surface area (Å²) in [4.78, 5) is 11.1. The molecule has 1 amide bonds. The number of aryl methyl sites for hydroxylation is 1.